The van der Waals surface area contributed by atoms with Gasteiger partial charge in [-0.3, -0.25) is 4.79 Å². The molecule has 0 bridgehead atoms. The molecule has 0 spiro atoms. The van der Waals surface area contributed by atoms with E-state index >= 15 is 0 Å². The van der Waals surface area contributed by atoms with Gasteiger partial charge in [0.1, 0.15) is 6.61 Å². The predicted molar refractivity (Wildman–Crippen MR) is 79.1 cm³/mol. The molecule has 0 radical (unpaired) electrons. The van der Waals surface area contributed by atoms with Crippen LogP contribution in [0.25, 0.3) is 0 Å². The van der Waals surface area contributed by atoms with Crippen molar-refractivity contribution < 1.29 is 18.7 Å². The van der Waals surface area contributed by atoms with Gasteiger partial charge < -0.3 is 20.5 Å². The van der Waals surface area contributed by atoms with Crippen molar-refractivity contribution in [2.24, 2.45) is 5.73 Å². The van der Waals surface area contributed by atoms with E-state index in [9.17, 15) is 9.18 Å². The number of nitrogens with two attached hydrogens (primary N) is 1. The zero-order valence-corrected chi connectivity index (χ0v) is 12.5. The van der Waals surface area contributed by atoms with Crippen LogP contribution in [0, 0.1) is 5.82 Å². The molecule has 0 atom stereocenters. The summed E-state index contributed by atoms with van der Waals surface area (Å²) in [7, 11) is 0. The molecular weight excluding hydrogens is 299 g/mol. The normalized spacial score (nSPS) is 16.7. The summed E-state index contributed by atoms with van der Waals surface area (Å²) in [5.74, 6) is -0.452. The van der Waals surface area contributed by atoms with Crippen molar-refractivity contribution in [1.29, 1.82) is 0 Å². The quantitative estimate of drug-likeness (QED) is 0.801. The monoisotopic (exact) mass is 318 g/mol. The first-order chi connectivity index (χ1) is 9.62. The average Bonchev–Trinajstić information content (AvgIpc) is 2.46. The van der Waals surface area contributed by atoms with Crippen molar-refractivity contribution in [3.8, 4) is 5.75 Å². The molecule has 1 fully saturated rings. The second kappa shape index (κ2) is 8.17. The number of nitrogens with one attached hydrogen (secondary N) is 1. The summed E-state index contributed by atoms with van der Waals surface area (Å²) in [5, 5.41) is 2.72. The minimum Gasteiger partial charge on any atom is -0.489 e. The molecule has 1 heterocycles. The third-order valence-corrected chi connectivity index (χ3v) is 3.32. The fraction of sp³-hybridized carbons (Fsp3) is 0.500. The first-order valence-electron chi connectivity index (χ1n) is 6.64. The van der Waals surface area contributed by atoms with Crippen LogP contribution in [-0.2, 0) is 9.53 Å². The van der Waals surface area contributed by atoms with Crippen LogP contribution in [0.4, 0.5) is 4.39 Å². The van der Waals surface area contributed by atoms with E-state index in [-0.39, 0.29) is 37.2 Å². The molecule has 5 nitrogen and oxygen atoms in total. The van der Waals surface area contributed by atoms with Crippen molar-refractivity contribution in [2.75, 3.05) is 26.4 Å². The molecule has 0 aromatic heterocycles. The van der Waals surface area contributed by atoms with Gasteiger partial charge in [-0.1, -0.05) is 12.1 Å². The van der Waals surface area contributed by atoms with E-state index < -0.39 is 11.4 Å². The van der Waals surface area contributed by atoms with E-state index in [0.29, 0.717) is 26.1 Å². The van der Waals surface area contributed by atoms with Crippen LogP contribution in [-0.4, -0.2) is 37.8 Å². The van der Waals surface area contributed by atoms with Crippen LogP contribution >= 0.6 is 12.4 Å². The maximum atomic E-state index is 13.3. The molecule has 1 aromatic carbocycles. The lowest BCUT2D eigenvalue weighted by molar-refractivity contribution is -0.129. The lowest BCUT2D eigenvalue weighted by Crippen LogP contribution is -2.57. The summed E-state index contributed by atoms with van der Waals surface area (Å²) in [5.41, 5.74) is 5.16. The van der Waals surface area contributed by atoms with Crippen molar-refractivity contribution >= 4 is 18.3 Å². The summed E-state index contributed by atoms with van der Waals surface area (Å²) in [6, 6.07) is 6.14. The Morgan fingerprint density at radius 1 is 1.38 bits per heavy atom. The molecule has 0 aliphatic carbocycles. The number of rotatable bonds is 5. The molecule has 0 saturated carbocycles. The Morgan fingerprint density at radius 3 is 2.71 bits per heavy atom. The molecule has 1 saturated heterocycles. The Morgan fingerprint density at radius 2 is 2.05 bits per heavy atom. The van der Waals surface area contributed by atoms with Crippen molar-refractivity contribution in [2.45, 2.75) is 18.4 Å². The minimum atomic E-state index is -0.865. The second-order valence-corrected chi connectivity index (χ2v) is 4.80. The number of carbonyl (C=O) groups excluding carboxylic acids is 1. The van der Waals surface area contributed by atoms with E-state index in [2.05, 4.69) is 5.32 Å². The molecule has 1 aliphatic heterocycles. The second-order valence-electron chi connectivity index (χ2n) is 4.80. The third-order valence-electron chi connectivity index (χ3n) is 3.32. The third kappa shape index (κ3) is 4.84. The van der Waals surface area contributed by atoms with E-state index in [0.717, 1.165) is 0 Å². The number of hydrogen-bond donors (Lipinski definition) is 2. The van der Waals surface area contributed by atoms with Gasteiger partial charge in [-0.15, -0.1) is 12.4 Å². The Bertz CT molecular complexity index is 467. The van der Waals surface area contributed by atoms with Gasteiger partial charge >= 0.3 is 0 Å². The van der Waals surface area contributed by atoms with E-state index in [1.54, 1.807) is 18.2 Å². The summed E-state index contributed by atoms with van der Waals surface area (Å²) in [4.78, 5) is 12.0. The van der Waals surface area contributed by atoms with Gasteiger partial charge in [0.05, 0.1) is 12.1 Å². The SMILES string of the molecule is Cl.NC1(C(=O)NCCOc2ccccc2F)CCOCC1. The highest BCUT2D eigenvalue weighted by Crippen LogP contribution is 2.18. The maximum absolute atomic E-state index is 13.3. The van der Waals surface area contributed by atoms with Crippen LogP contribution in [0.15, 0.2) is 24.3 Å². The zero-order valence-electron chi connectivity index (χ0n) is 11.6. The first-order valence-corrected chi connectivity index (χ1v) is 6.64. The number of hydrogen-bond acceptors (Lipinski definition) is 4. The maximum Gasteiger partial charge on any atom is 0.240 e. The molecule has 7 heteroatoms. The molecular formula is C14H20ClFN2O3. The van der Waals surface area contributed by atoms with Crippen LogP contribution in [0.5, 0.6) is 5.75 Å². The zero-order chi connectivity index (χ0) is 14.4. The number of para-hydroxylation sites is 1. The van der Waals surface area contributed by atoms with Gasteiger partial charge in [0.2, 0.25) is 5.91 Å². The molecule has 1 amide bonds. The molecule has 21 heavy (non-hydrogen) atoms. The molecule has 0 unspecified atom stereocenters. The van der Waals surface area contributed by atoms with Crippen molar-refractivity contribution in [1.82, 2.24) is 5.32 Å². The summed E-state index contributed by atoms with van der Waals surface area (Å²) >= 11 is 0. The smallest absolute Gasteiger partial charge is 0.240 e. The molecule has 1 aromatic rings. The largest absolute Gasteiger partial charge is 0.489 e. The molecule has 118 valence electrons. The van der Waals surface area contributed by atoms with Gasteiger partial charge in [0.25, 0.3) is 0 Å². The van der Waals surface area contributed by atoms with Gasteiger partial charge in [-0.2, -0.15) is 0 Å². The van der Waals surface area contributed by atoms with Gasteiger partial charge in [-0.05, 0) is 25.0 Å². The fourth-order valence-electron chi connectivity index (χ4n) is 2.03. The van der Waals surface area contributed by atoms with Gasteiger partial charge in [0.15, 0.2) is 11.6 Å². The van der Waals surface area contributed by atoms with E-state index in [1.165, 1.54) is 6.07 Å². The lowest BCUT2D eigenvalue weighted by atomic mass is 9.90. The van der Waals surface area contributed by atoms with Crippen molar-refractivity contribution in [3.63, 3.8) is 0 Å². The van der Waals surface area contributed by atoms with Crippen LogP contribution in [0.1, 0.15) is 12.8 Å². The van der Waals surface area contributed by atoms with E-state index in [1.807, 2.05) is 0 Å². The van der Waals surface area contributed by atoms with E-state index in [4.69, 9.17) is 15.2 Å². The Kier molecular flexibility index (Phi) is 6.87. The number of amides is 1. The van der Waals surface area contributed by atoms with Crippen molar-refractivity contribution in [3.05, 3.63) is 30.1 Å². The van der Waals surface area contributed by atoms with Crippen LogP contribution in [0.2, 0.25) is 0 Å². The summed E-state index contributed by atoms with van der Waals surface area (Å²) in [6.45, 7) is 1.47. The highest BCUT2D eigenvalue weighted by Gasteiger charge is 2.35. The molecule has 2 rings (SSSR count). The Labute approximate surface area is 129 Å². The Hall–Kier alpha value is -1.37. The number of ether oxygens (including phenoxy) is 2. The fourth-order valence-corrected chi connectivity index (χ4v) is 2.03. The van der Waals surface area contributed by atoms with Crippen LogP contribution < -0.4 is 15.8 Å². The minimum absolute atomic E-state index is 0. The topological polar surface area (TPSA) is 73.6 Å². The summed E-state index contributed by atoms with van der Waals surface area (Å²) in [6.07, 6.45) is 1.01. The number of carbonyl (C=O) groups is 1. The van der Waals surface area contributed by atoms with Gasteiger partial charge in [0, 0.05) is 13.2 Å². The molecule has 3 N–H and O–H groups in total. The lowest BCUT2D eigenvalue weighted by Gasteiger charge is -2.31. The average molecular weight is 319 g/mol. The highest BCUT2D eigenvalue weighted by atomic mass is 35.5. The number of benzene rings is 1. The first kappa shape index (κ1) is 17.7. The molecule has 1 aliphatic rings. The predicted octanol–water partition coefficient (Wildman–Crippen LogP) is 1.25. The van der Waals surface area contributed by atoms with Gasteiger partial charge in [-0.25, -0.2) is 4.39 Å². The number of halogens is 2. The van der Waals surface area contributed by atoms with Crippen LogP contribution in [0.3, 0.4) is 0 Å². The highest BCUT2D eigenvalue weighted by molar-refractivity contribution is 5.86. The standard InChI is InChI=1S/C14H19FN2O3.ClH/c15-11-3-1-2-4-12(11)20-10-7-17-13(18)14(16)5-8-19-9-6-14;/h1-4H,5-10,16H2,(H,17,18);1H. The Balaban J connectivity index is 0.00000220. The summed E-state index contributed by atoms with van der Waals surface area (Å²) < 4.78 is 23.7.